The minimum atomic E-state index is -1.12. The van der Waals surface area contributed by atoms with Crippen LogP contribution in [-0.2, 0) is 4.74 Å². The molecule has 0 aromatic carbocycles. The number of nitrogens with zero attached hydrogens (tertiary/aromatic N) is 2. The number of rotatable bonds is 0. The van der Waals surface area contributed by atoms with Crippen LogP contribution >= 0.6 is 0 Å². The first kappa shape index (κ1) is 11.8. The van der Waals surface area contributed by atoms with Crippen molar-refractivity contribution in [2.75, 3.05) is 6.54 Å². The van der Waals surface area contributed by atoms with E-state index in [1.807, 2.05) is 6.07 Å². The van der Waals surface area contributed by atoms with Gasteiger partial charge in [0, 0.05) is 6.42 Å². The van der Waals surface area contributed by atoms with Gasteiger partial charge in [-0.15, -0.1) is 0 Å². The molecule has 1 amide bonds. The van der Waals surface area contributed by atoms with Gasteiger partial charge in [0.15, 0.2) is 0 Å². The van der Waals surface area contributed by atoms with Crippen molar-refractivity contribution >= 4 is 6.09 Å². The molecule has 1 heterocycles. The van der Waals surface area contributed by atoms with E-state index in [2.05, 4.69) is 0 Å². The van der Waals surface area contributed by atoms with Gasteiger partial charge in [-0.05, 0) is 20.8 Å². The van der Waals surface area contributed by atoms with E-state index in [1.165, 1.54) is 0 Å². The molecule has 0 aromatic heterocycles. The van der Waals surface area contributed by atoms with Gasteiger partial charge in [0.2, 0.25) is 0 Å². The molecule has 1 rings (SSSR count). The number of carbonyl (C=O) groups is 1. The molecule has 15 heavy (non-hydrogen) atoms. The number of ether oxygens (including phenoxy) is 1. The average Bonchev–Trinajstić information content (AvgIpc) is 2.43. The van der Waals surface area contributed by atoms with Crippen molar-refractivity contribution in [3.8, 4) is 6.07 Å². The molecule has 1 aliphatic rings. The second kappa shape index (κ2) is 4.05. The van der Waals surface area contributed by atoms with Crippen molar-refractivity contribution < 1.29 is 13.9 Å². The van der Waals surface area contributed by atoms with Crippen molar-refractivity contribution in [1.29, 1.82) is 5.26 Å². The van der Waals surface area contributed by atoms with Gasteiger partial charge < -0.3 is 4.74 Å². The lowest BCUT2D eigenvalue weighted by molar-refractivity contribution is 0.0250. The van der Waals surface area contributed by atoms with E-state index in [0.29, 0.717) is 0 Å². The summed E-state index contributed by atoms with van der Waals surface area (Å²) >= 11 is 0. The zero-order valence-electron chi connectivity index (χ0n) is 9.16. The molecule has 0 bridgehead atoms. The first-order valence-electron chi connectivity index (χ1n) is 4.87. The molecular formula is C10H15FN2O2. The Bertz CT molecular complexity index is 293. The van der Waals surface area contributed by atoms with Crippen LogP contribution in [0.25, 0.3) is 0 Å². The molecule has 0 N–H and O–H groups in total. The smallest absolute Gasteiger partial charge is 0.411 e. The molecule has 1 aliphatic heterocycles. The second-order valence-electron chi connectivity index (χ2n) is 4.61. The number of likely N-dealkylation sites (tertiary alicyclic amines) is 1. The van der Waals surface area contributed by atoms with Gasteiger partial charge in [0.25, 0.3) is 0 Å². The van der Waals surface area contributed by atoms with Crippen molar-refractivity contribution in [1.82, 2.24) is 4.90 Å². The highest BCUT2D eigenvalue weighted by Crippen LogP contribution is 2.22. The van der Waals surface area contributed by atoms with Crippen LogP contribution in [0.2, 0.25) is 0 Å². The van der Waals surface area contributed by atoms with Crippen LogP contribution in [0, 0.1) is 11.3 Å². The number of hydrogen-bond donors (Lipinski definition) is 0. The summed E-state index contributed by atoms with van der Waals surface area (Å²) in [6.45, 7) is 5.15. The third-order valence-corrected chi connectivity index (χ3v) is 2.03. The Morgan fingerprint density at radius 1 is 1.60 bits per heavy atom. The van der Waals surface area contributed by atoms with E-state index in [9.17, 15) is 9.18 Å². The van der Waals surface area contributed by atoms with Crippen molar-refractivity contribution in [3.05, 3.63) is 0 Å². The van der Waals surface area contributed by atoms with Gasteiger partial charge >= 0.3 is 6.09 Å². The number of alkyl halides is 1. The Hall–Kier alpha value is -1.31. The highest BCUT2D eigenvalue weighted by Gasteiger charge is 2.37. The average molecular weight is 214 g/mol. The van der Waals surface area contributed by atoms with E-state index in [1.54, 1.807) is 20.8 Å². The standard InChI is InChI=1S/C10H15FN2O2/c1-10(2,3)15-9(14)13-6-7(11)4-8(13)5-12/h7-8H,4,6H2,1-3H3. The maximum Gasteiger partial charge on any atom is 0.411 e. The summed E-state index contributed by atoms with van der Waals surface area (Å²) in [6, 6.07) is 1.20. The van der Waals surface area contributed by atoms with Gasteiger partial charge in [-0.1, -0.05) is 0 Å². The summed E-state index contributed by atoms with van der Waals surface area (Å²) in [5, 5.41) is 8.74. The third-order valence-electron chi connectivity index (χ3n) is 2.03. The number of carbonyl (C=O) groups excluding carboxylic acids is 1. The second-order valence-corrected chi connectivity index (χ2v) is 4.61. The highest BCUT2D eigenvalue weighted by atomic mass is 19.1. The number of halogens is 1. The predicted octanol–water partition coefficient (Wildman–Crippen LogP) is 1.86. The monoisotopic (exact) mass is 214 g/mol. The third kappa shape index (κ3) is 3.08. The molecule has 0 radical (unpaired) electrons. The van der Waals surface area contributed by atoms with E-state index < -0.39 is 23.9 Å². The van der Waals surface area contributed by atoms with E-state index in [0.717, 1.165) is 4.90 Å². The first-order valence-corrected chi connectivity index (χ1v) is 4.87. The molecule has 84 valence electrons. The lowest BCUT2D eigenvalue weighted by Crippen LogP contribution is -2.39. The van der Waals surface area contributed by atoms with Crippen LogP contribution in [0.4, 0.5) is 9.18 Å². The topological polar surface area (TPSA) is 53.3 Å². The van der Waals surface area contributed by atoms with Crippen LogP contribution in [0.5, 0.6) is 0 Å². The molecule has 4 nitrogen and oxygen atoms in total. The molecule has 0 aromatic rings. The summed E-state index contributed by atoms with van der Waals surface area (Å²) in [7, 11) is 0. The van der Waals surface area contributed by atoms with Crippen LogP contribution in [0.1, 0.15) is 27.2 Å². The fraction of sp³-hybridized carbons (Fsp3) is 0.800. The van der Waals surface area contributed by atoms with Crippen molar-refractivity contribution in [2.45, 2.75) is 45.0 Å². The zero-order chi connectivity index (χ0) is 11.6. The van der Waals surface area contributed by atoms with Crippen LogP contribution < -0.4 is 0 Å². The minimum Gasteiger partial charge on any atom is -0.444 e. The quantitative estimate of drug-likeness (QED) is 0.618. The predicted molar refractivity (Wildman–Crippen MR) is 51.9 cm³/mol. The molecule has 1 fully saturated rings. The van der Waals surface area contributed by atoms with Crippen LogP contribution in [0.15, 0.2) is 0 Å². The van der Waals surface area contributed by atoms with E-state index >= 15 is 0 Å². The lowest BCUT2D eigenvalue weighted by atomic mass is 10.2. The molecule has 1 saturated heterocycles. The number of hydrogen-bond acceptors (Lipinski definition) is 3. The number of nitriles is 1. The Balaban J connectivity index is 2.64. The van der Waals surface area contributed by atoms with E-state index in [4.69, 9.17) is 10.00 Å². The van der Waals surface area contributed by atoms with E-state index in [-0.39, 0.29) is 13.0 Å². The van der Waals surface area contributed by atoms with Gasteiger partial charge in [-0.25, -0.2) is 9.18 Å². The van der Waals surface area contributed by atoms with Gasteiger partial charge in [-0.3, -0.25) is 4.90 Å². The molecule has 2 atom stereocenters. The lowest BCUT2D eigenvalue weighted by Gasteiger charge is -2.25. The normalized spacial score (nSPS) is 26.2. The molecule has 5 heteroatoms. The summed E-state index contributed by atoms with van der Waals surface area (Å²) in [5.41, 5.74) is -0.620. The summed E-state index contributed by atoms with van der Waals surface area (Å²) in [6.07, 6.45) is -1.66. The molecule has 0 aliphatic carbocycles. The molecular weight excluding hydrogens is 199 g/mol. The Labute approximate surface area is 88.6 Å². The van der Waals surface area contributed by atoms with Crippen LogP contribution in [0.3, 0.4) is 0 Å². The van der Waals surface area contributed by atoms with Crippen molar-refractivity contribution in [3.63, 3.8) is 0 Å². The number of amides is 1. The minimum absolute atomic E-state index is 0.0485. The van der Waals surface area contributed by atoms with Gasteiger partial charge in [-0.2, -0.15) is 5.26 Å². The Kier molecular flexibility index (Phi) is 3.18. The zero-order valence-corrected chi connectivity index (χ0v) is 9.16. The van der Waals surface area contributed by atoms with Crippen LogP contribution in [-0.4, -0.2) is 35.4 Å². The molecule has 0 spiro atoms. The first-order chi connectivity index (χ1) is 6.83. The summed E-state index contributed by atoms with van der Waals surface area (Å²) < 4.78 is 18.1. The van der Waals surface area contributed by atoms with Gasteiger partial charge in [0.1, 0.15) is 17.8 Å². The van der Waals surface area contributed by atoms with Crippen molar-refractivity contribution in [2.24, 2.45) is 0 Å². The maximum atomic E-state index is 13.0. The fourth-order valence-corrected chi connectivity index (χ4v) is 1.43. The summed E-state index contributed by atoms with van der Waals surface area (Å²) in [4.78, 5) is 12.7. The molecule has 2 unspecified atom stereocenters. The SMILES string of the molecule is CC(C)(C)OC(=O)N1CC(F)CC1C#N. The summed E-state index contributed by atoms with van der Waals surface area (Å²) in [5.74, 6) is 0. The largest absolute Gasteiger partial charge is 0.444 e. The fourth-order valence-electron chi connectivity index (χ4n) is 1.43. The highest BCUT2D eigenvalue weighted by molar-refractivity contribution is 5.69. The Morgan fingerprint density at radius 3 is 2.67 bits per heavy atom. The molecule has 0 saturated carbocycles. The Morgan fingerprint density at radius 2 is 2.20 bits per heavy atom. The van der Waals surface area contributed by atoms with Gasteiger partial charge in [0.05, 0.1) is 12.6 Å². The maximum absolute atomic E-state index is 13.0.